The van der Waals surface area contributed by atoms with E-state index in [0.29, 0.717) is 32.2 Å². The highest BCUT2D eigenvalue weighted by atomic mass is 32.2. The number of benzene rings is 4. The van der Waals surface area contributed by atoms with Crippen LogP contribution in [0.4, 0.5) is 20.6 Å². The van der Waals surface area contributed by atoms with Crippen LogP contribution < -0.4 is 16.8 Å². The van der Waals surface area contributed by atoms with Crippen molar-refractivity contribution in [3.63, 3.8) is 0 Å². The Morgan fingerprint density at radius 2 is 1.37 bits per heavy atom. The maximum absolute atomic E-state index is 13.1. The number of hydrogen-bond acceptors (Lipinski definition) is 8. The number of aryl methyl sites for hydroxylation is 1. The van der Waals surface area contributed by atoms with E-state index >= 15 is 0 Å². The van der Waals surface area contributed by atoms with Gasteiger partial charge < -0.3 is 21.3 Å². The van der Waals surface area contributed by atoms with Gasteiger partial charge in [0.1, 0.15) is 26.0 Å². The number of anilines is 2. The van der Waals surface area contributed by atoms with Crippen LogP contribution in [0.3, 0.4) is 0 Å². The summed E-state index contributed by atoms with van der Waals surface area (Å²) < 4.78 is 49.9. The van der Waals surface area contributed by atoms with E-state index in [2.05, 4.69) is 15.6 Å². The first-order chi connectivity index (χ1) is 19.1. The van der Waals surface area contributed by atoms with Crippen LogP contribution in [-0.4, -0.2) is 29.0 Å². The minimum absolute atomic E-state index is 0. The third-order valence-corrected chi connectivity index (χ3v) is 9.45. The van der Waals surface area contributed by atoms with E-state index in [9.17, 15) is 22.2 Å². The second-order valence-electron chi connectivity index (χ2n) is 8.90. The highest BCUT2D eigenvalue weighted by molar-refractivity contribution is 7.86. The molecule has 13 heteroatoms. The average Bonchev–Trinajstić information content (AvgIpc) is 3.53. The smallest absolute Gasteiger partial charge is 0.323 e. The number of rotatable bonds is 5. The van der Waals surface area contributed by atoms with Crippen molar-refractivity contribution in [1.82, 2.24) is 16.1 Å². The molecule has 0 saturated carbocycles. The topological polar surface area (TPSA) is 161 Å². The molecule has 2 heterocycles. The maximum atomic E-state index is 13.1. The summed E-state index contributed by atoms with van der Waals surface area (Å²) in [4.78, 5) is 21.3. The minimum atomic E-state index is -4.64. The summed E-state index contributed by atoms with van der Waals surface area (Å²) in [5.41, 5.74) is 4.37. The average molecular weight is 608 g/mol. The molecule has 41 heavy (non-hydrogen) atoms. The van der Waals surface area contributed by atoms with Crippen molar-refractivity contribution < 1.29 is 22.2 Å². The van der Waals surface area contributed by atoms with Gasteiger partial charge in [0.2, 0.25) is 0 Å². The number of carbonyl (C=O) groups excluding carboxylic acids is 1. The number of urea groups is 1. The summed E-state index contributed by atoms with van der Waals surface area (Å²) in [6.07, 6.45) is 0. The molecule has 6 N–H and O–H groups in total. The molecule has 6 rings (SSSR count). The van der Waals surface area contributed by atoms with Gasteiger partial charge in [-0.05, 0) is 85.3 Å². The van der Waals surface area contributed by atoms with Gasteiger partial charge in [-0.2, -0.15) is 0 Å². The summed E-state index contributed by atoms with van der Waals surface area (Å²) in [6, 6.07) is 21.3. The van der Waals surface area contributed by atoms with Crippen LogP contribution in [0.5, 0.6) is 0 Å². The van der Waals surface area contributed by atoms with E-state index in [1.54, 1.807) is 31.2 Å². The number of halogens is 1. The van der Waals surface area contributed by atoms with Crippen molar-refractivity contribution in [2.24, 2.45) is 0 Å². The van der Waals surface area contributed by atoms with E-state index in [-0.39, 0.29) is 16.9 Å². The Hall–Kier alpha value is -4.27. The second-order valence-corrected chi connectivity index (χ2v) is 12.2. The molecule has 0 aliphatic carbocycles. The quantitative estimate of drug-likeness (QED) is 0.171. The van der Waals surface area contributed by atoms with Crippen LogP contribution in [0.2, 0.25) is 0 Å². The zero-order valence-corrected chi connectivity index (χ0v) is 24.1. The number of nitrogens with one attached hydrogen (secondary N) is 2. The van der Waals surface area contributed by atoms with E-state index in [1.165, 1.54) is 46.9 Å². The Morgan fingerprint density at radius 1 is 0.805 bits per heavy atom. The van der Waals surface area contributed by atoms with Crippen molar-refractivity contribution in [3.05, 3.63) is 90.2 Å². The number of nitrogens with zero attached hydrogens (tertiary/aromatic N) is 2. The number of fused-ring (bicyclic) bond motifs is 2. The predicted octanol–water partition coefficient (Wildman–Crippen LogP) is 7.61. The summed E-state index contributed by atoms with van der Waals surface area (Å²) in [7, 11) is -4.64. The van der Waals surface area contributed by atoms with Crippen molar-refractivity contribution in [1.29, 1.82) is 0 Å². The van der Waals surface area contributed by atoms with Crippen molar-refractivity contribution in [3.8, 4) is 21.1 Å². The zero-order valence-electron chi connectivity index (χ0n) is 21.6. The Morgan fingerprint density at radius 3 is 2.02 bits per heavy atom. The van der Waals surface area contributed by atoms with Crippen molar-refractivity contribution in [2.75, 3.05) is 10.6 Å². The molecule has 0 spiro atoms. The normalized spacial score (nSPS) is 11.4. The summed E-state index contributed by atoms with van der Waals surface area (Å²) >= 11 is 2.66. The molecule has 2 amide bonds. The number of amides is 2. The molecule has 2 aromatic heterocycles. The third-order valence-electron chi connectivity index (χ3n) is 6.09. The largest absolute Gasteiger partial charge is 0.744 e. The van der Waals surface area contributed by atoms with Crippen LogP contribution in [0.15, 0.2) is 83.8 Å². The Labute approximate surface area is 242 Å². The highest BCUT2D eigenvalue weighted by Crippen LogP contribution is 2.38. The Balaban J connectivity index is 0.00000337. The fourth-order valence-electron chi connectivity index (χ4n) is 4.20. The van der Waals surface area contributed by atoms with Gasteiger partial charge in [0.05, 0.1) is 25.3 Å². The molecule has 0 unspecified atom stereocenters. The van der Waals surface area contributed by atoms with Gasteiger partial charge >= 0.3 is 6.03 Å². The SMILES string of the molecule is Cc1ccc2nc(-c3ccc4nc(-c5ccc(NC(=O)Nc6ccc(F)cc6)cc5)sc4c3)sc2c1S(=O)(=O)[O-].[NH4+]. The Bertz CT molecular complexity index is 2020. The van der Waals surface area contributed by atoms with Gasteiger partial charge in [-0.3, -0.25) is 0 Å². The first-order valence-corrected chi connectivity index (χ1v) is 14.9. The standard InChI is InChI=1S/C28H19FN4O4S3.H3N/c1-15-2-12-22-24(25(15)40(35,36)37)39-27(33-22)17-5-13-21-23(14-17)38-26(32-21)16-3-8-19(9-4-16)30-28(34)31-20-10-6-18(29)7-11-20;/h2-14H,1H3,(H2,30,31,34)(H,35,36,37);1H3. The molecule has 0 aliphatic rings. The van der Waals surface area contributed by atoms with E-state index in [1.807, 2.05) is 30.3 Å². The number of thiazole rings is 2. The second kappa shape index (κ2) is 11.0. The molecule has 0 aliphatic heterocycles. The molecular weight excluding hydrogens is 586 g/mol. The molecule has 4 aromatic carbocycles. The van der Waals surface area contributed by atoms with Gasteiger partial charge in [-0.15, -0.1) is 22.7 Å². The summed E-state index contributed by atoms with van der Waals surface area (Å²) in [6.45, 7) is 1.60. The Kier molecular flexibility index (Phi) is 7.55. The van der Waals surface area contributed by atoms with Gasteiger partial charge in [0.25, 0.3) is 0 Å². The number of carbonyl (C=O) groups is 1. The van der Waals surface area contributed by atoms with Crippen LogP contribution in [-0.2, 0) is 10.1 Å². The van der Waals surface area contributed by atoms with Crippen LogP contribution in [0, 0.1) is 12.7 Å². The van der Waals surface area contributed by atoms with Gasteiger partial charge in [0, 0.05) is 22.5 Å². The lowest BCUT2D eigenvalue weighted by molar-refractivity contribution is 0.262. The number of hydrogen-bond donors (Lipinski definition) is 3. The van der Waals surface area contributed by atoms with Crippen molar-refractivity contribution >= 4 is 70.6 Å². The van der Waals surface area contributed by atoms with E-state index in [4.69, 9.17) is 4.98 Å². The first-order valence-electron chi connectivity index (χ1n) is 11.8. The molecule has 0 fully saturated rings. The van der Waals surface area contributed by atoms with E-state index in [0.717, 1.165) is 26.4 Å². The lowest BCUT2D eigenvalue weighted by atomic mass is 10.2. The molecule has 0 saturated heterocycles. The molecule has 0 radical (unpaired) electrons. The fraction of sp³-hybridized carbons (Fsp3) is 0.0357. The summed E-state index contributed by atoms with van der Waals surface area (Å²) in [5, 5.41) is 6.78. The predicted molar refractivity (Wildman–Crippen MR) is 161 cm³/mol. The molecule has 6 aromatic rings. The van der Waals surface area contributed by atoms with E-state index < -0.39 is 16.1 Å². The maximum Gasteiger partial charge on any atom is 0.323 e. The molecule has 0 atom stereocenters. The molecule has 0 bridgehead atoms. The monoisotopic (exact) mass is 607 g/mol. The van der Waals surface area contributed by atoms with Crippen LogP contribution in [0.25, 0.3) is 41.6 Å². The fourth-order valence-corrected chi connectivity index (χ4v) is 7.49. The minimum Gasteiger partial charge on any atom is -0.744 e. The highest BCUT2D eigenvalue weighted by Gasteiger charge is 2.17. The number of aromatic nitrogens is 2. The molecular formula is C28H22FN5O4S3. The third kappa shape index (κ3) is 5.80. The van der Waals surface area contributed by atoms with Crippen LogP contribution >= 0.6 is 22.7 Å². The zero-order chi connectivity index (χ0) is 28.0. The lowest BCUT2D eigenvalue weighted by Gasteiger charge is -2.10. The van der Waals surface area contributed by atoms with Crippen LogP contribution in [0.1, 0.15) is 5.56 Å². The summed E-state index contributed by atoms with van der Waals surface area (Å²) in [5.74, 6) is -0.383. The molecule has 208 valence electrons. The first kappa shape index (κ1) is 28.3. The lowest BCUT2D eigenvalue weighted by Crippen LogP contribution is -2.19. The van der Waals surface area contributed by atoms with Gasteiger partial charge in [-0.1, -0.05) is 6.07 Å². The van der Waals surface area contributed by atoms with Crippen molar-refractivity contribution in [2.45, 2.75) is 11.8 Å². The number of quaternary nitrogens is 1. The van der Waals surface area contributed by atoms with Gasteiger partial charge in [-0.25, -0.2) is 27.6 Å². The molecule has 9 nitrogen and oxygen atoms in total. The van der Waals surface area contributed by atoms with Gasteiger partial charge in [0.15, 0.2) is 0 Å².